The molecule has 2 aliphatic rings. The third kappa shape index (κ3) is 4.87. The highest BCUT2D eigenvalue weighted by Crippen LogP contribution is 2.44. The molecule has 0 saturated heterocycles. The first kappa shape index (κ1) is 32.3. The van der Waals surface area contributed by atoms with Crippen LogP contribution in [0.1, 0.15) is 11.1 Å². The van der Waals surface area contributed by atoms with E-state index in [9.17, 15) is 0 Å². The first-order valence-electron chi connectivity index (χ1n) is 18.9. The monoisotopic (exact) mass is 706 g/mol. The summed E-state index contributed by atoms with van der Waals surface area (Å²) in [5, 5.41) is 5.53. The van der Waals surface area contributed by atoms with Crippen LogP contribution in [0, 0.1) is 13.8 Å². The van der Waals surface area contributed by atoms with Gasteiger partial charge in [-0.2, -0.15) is 0 Å². The van der Waals surface area contributed by atoms with Crippen molar-refractivity contribution in [2.75, 3.05) is 9.80 Å². The molecule has 256 valence electrons. The molecule has 0 unspecified atom stereocenters. The molecule has 0 saturated carbocycles. The Bertz CT molecular complexity index is 2550. The lowest BCUT2D eigenvalue weighted by Gasteiger charge is -2.44. The molecule has 8 aromatic rings. The molecule has 2 nitrogen and oxygen atoms in total. The maximum absolute atomic E-state index is 2.68. The molecule has 4 heteroatoms. The molecule has 8 aromatic carbocycles. The lowest BCUT2D eigenvalue weighted by atomic mass is 9.33. The van der Waals surface area contributed by atoms with Crippen molar-refractivity contribution in [2.24, 2.45) is 0 Å². The van der Waals surface area contributed by atoms with Crippen LogP contribution in [-0.2, 0) is 0 Å². The van der Waals surface area contributed by atoms with Crippen molar-refractivity contribution in [3.8, 4) is 0 Å². The van der Waals surface area contributed by atoms with Crippen LogP contribution in [0.4, 0.5) is 34.1 Å². The van der Waals surface area contributed by atoms with Gasteiger partial charge in [0.15, 0.2) is 8.07 Å². The minimum atomic E-state index is -2.68. The van der Waals surface area contributed by atoms with Gasteiger partial charge in [0, 0.05) is 34.1 Å². The molecule has 0 atom stereocenters. The molecular weight excluding hydrogens is 667 g/mol. The fourth-order valence-electron chi connectivity index (χ4n) is 9.35. The van der Waals surface area contributed by atoms with E-state index in [4.69, 9.17) is 0 Å². The number of hydrogen-bond donors (Lipinski definition) is 0. The Kier molecular flexibility index (Phi) is 7.74. The van der Waals surface area contributed by atoms with Crippen molar-refractivity contribution in [3.05, 3.63) is 211 Å². The molecule has 0 amide bonds. The molecule has 54 heavy (non-hydrogen) atoms. The van der Waals surface area contributed by atoms with Crippen LogP contribution in [0.3, 0.4) is 0 Å². The van der Waals surface area contributed by atoms with Crippen LogP contribution >= 0.6 is 0 Å². The second-order valence-corrected chi connectivity index (χ2v) is 18.4. The van der Waals surface area contributed by atoms with Crippen LogP contribution in [0.5, 0.6) is 0 Å². The van der Waals surface area contributed by atoms with E-state index < -0.39 is 8.07 Å². The van der Waals surface area contributed by atoms with Crippen LogP contribution in [-0.4, -0.2) is 14.8 Å². The fourth-order valence-corrected chi connectivity index (χ4v) is 14.2. The molecule has 0 aromatic heterocycles. The lowest BCUT2D eigenvalue weighted by molar-refractivity contribution is 1.23. The van der Waals surface area contributed by atoms with Crippen LogP contribution in [0.2, 0.25) is 0 Å². The Morgan fingerprint density at radius 1 is 0.370 bits per heavy atom. The Labute approximate surface area is 319 Å². The van der Waals surface area contributed by atoms with E-state index >= 15 is 0 Å². The predicted molar refractivity (Wildman–Crippen MR) is 234 cm³/mol. The summed E-state index contributed by atoms with van der Waals surface area (Å²) >= 11 is 0. The Morgan fingerprint density at radius 2 is 0.815 bits per heavy atom. The van der Waals surface area contributed by atoms with Crippen LogP contribution in [0.15, 0.2) is 200 Å². The predicted octanol–water partition coefficient (Wildman–Crippen LogP) is 7.76. The zero-order chi connectivity index (χ0) is 36.2. The highest BCUT2D eigenvalue weighted by Gasteiger charge is 2.44. The van der Waals surface area contributed by atoms with Gasteiger partial charge in [0.2, 0.25) is 0 Å². The first-order chi connectivity index (χ1) is 26.6. The topological polar surface area (TPSA) is 6.48 Å². The summed E-state index contributed by atoms with van der Waals surface area (Å²) in [4.78, 5) is 5.02. The molecule has 0 radical (unpaired) electrons. The van der Waals surface area contributed by atoms with Crippen molar-refractivity contribution in [2.45, 2.75) is 13.8 Å². The molecule has 0 bridgehead atoms. The molecule has 0 fully saturated rings. The zero-order valence-electron chi connectivity index (χ0n) is 30.5. The molecule has 2 aliphatic heterocycles. The number of anilines is 6. The van der Waals surface area contributed by atoms with Gasteiger partial charge in [-0.05, 0) is 105 Å². The van der Waals surface area contributed by atoms with Crippen molar-refractivity contribution in [3.63, 3.8) is 0 Å². The van der Waals surface area contributed by atoms with E-state index in [1.807, 2.05) is 0 Å². The van der Waals surface area contributed by atoms with Gasteiger partial charge in [-0.3, -0.25) is 0 Å². The molecule has 10 rings (SSSR count). The summed E-state index contributed by atoms with van der Waals surface area (Å²) < 4.78 is 0. The van der Waals surface area contributed by atoms with Gasteiger partial charge >= 0.3 is 0 Å². The van der Waals surface area contributed by atoms with Gasteiger partial charge in [0.1, 0.15) is 0 Å². The number of fused-ring (bicyclic) bond motifs is 4. The van der Waals surface area contributed by atoms with Crippen molar-refractivity contribution in [1.82, 2.24) is 0 Å². The highest BCUT2D eigenvalue weighted by atomic mass is 28.3. The number of para-hydroxylation sites is 3. The molecule has 2 heterocycles. The standard InChI is InChI=1S/C50H39BN2Si/c1-36-33-48-50-49(34-36)53(47-30-18-16-28-44(47)51(50)43-27-15-17-29-46(43)52(48)38-19-7-3-8-20-38)45-32-31-42(35-37(45)2)54(39-21-9-4-10-22-39,40-23-11-5-12-24-40)41-25-13-6-14-26-41/h3-35H,1-2H3. The minimum absolute atomic E-state index is 0.119. The smallest absolute Gasteiger partial charge is 0.252 e. The van der Waals surface area contributed by atoms with Crippen LogP contribution in [0.25, 0.3) is 0 Å². The van der Waals surface area contributed by atoms with Gasteiger partial charge in [-0.15, -0.1) is 0 Å². The Morgan fingerprint density at radius 3 is 1.33 bits per heavy atom. The van der Waals surface area contributed by atoms with Gasteiger partial charge in [-0.25, -0.2) is 0 Å². The Balaban J connectivity index is 1.22. The minimum Gasteiger partial charge on any atom is -0.311 e. The van der Waals surface area contributed by atoms with Crippen molar-refractivity contribution < 1.29 is 0 Å². The fraction of sp³-hybridized carbons (Fsp3) is 0.0400. The average Bonchev–Trinajstić information content (AvgIpc) is 3.23. The van der Waals surface area contributed by atoms with E-state index in [2.05, 4.69) is 224 Å². The molecule has 0 N–H and O–H groups in total. The summed E-state index contributed by atoms with van der Waals surface area (Å²) in [6.07, 6.45) is 0. The maximum atomic E-state index is 2.55. The number of nitrogens with zero attached hydrogens (tertiary/aromatic N) is 2. The lowest BCUT2D eigenvalue weighted by Crippen LogP contribution is -2.74. The summed E-state index contributed by atoms with van der Waals surface area (Å²) in [5.41, 5.74) is 13.9. The van der Waals surface area contributed by atoms with Gasteiger partial charge in [0.25, 0.3) is 6.71 Å². The third-order valence-corrected chi connectivity index (χ3v) is 16.3. The summed E-state index contributed by atoms with van der Waals surface area (Å²) in [6.45, 7) is 4.67. The molecule has 0 spiro atoms. The van der Waals surface area contributed by atoms with Crippen LogP contribution < -0.4 is 46.9 Å². The van der Waals surface area contributed by atoms with E-state index in [0.717, 1.165) is 0 Å². The van der Waals surface area contributed by atoms with Gasteiger partial charge in [0.05, 0.1) is 0 Å². The number of rotatable bonds is 6. The molecular formula is C50H39BN2Si. The quantitative estimate of drug-likeness (QED) is 0.129. The zero-order valence-corrected chi connectivity index (χ0v) is 31.5. The van der Waals surface area contributed by atoms with Crippen molar-refractivity contribution >= 4 is 86.0 Å². The van der Waals surface area contributed by atoms with Gasteiger partial charge in [-0.1, -0.05) is 158 Å². The maximum Gasteiger partial charge on any atom is 0.252 e. The number of benzene rings is 8. The normalized spacial score (nSPS) is 12.9. The second-order valence-electron chi connectivity index (χ2n) is 14.6. The second kappa shape index (κ2) is 12.9. The first-order valence-corrected chi connectivity index (χ1v) is 20.9. The van der Waals surface area contributed by atoms with E-state index in [0.29, 0.717) is 0 Å². The summed E-state index contributed by atoms with van der Waals surface area (Å²) in [5.74, 6) is 0. The largest absolute Gasteiger partial charge is 0.311 e. The average molecular weight is 707 g/mol. The SMILES string of the molecule is Cc1cc2c3c(c1)N(c1ccc([Si](c4ccccc4)(c4ccccc4)c4ccccc4)cc1C)c1ccccc1B3c1ccccc1N2c1ccccc1. The number of hydrogen-bond acceptors (Lipinski definition) is 2. The van der Waals surface area contributed by atoms with E-state index in [-0.39, 0.29) is 6.71 Å². The van der Waals surface area contributed by atoms with Crippen molar-refractivity contribution in [1.29, 1.82) is 0 Å². The highest BCUT2D eigenvalue weighted by molar-refractivity contribution is 7.19. The van der Waals surface area contributed by atoms with E-state index in [1.165, 1.54) is 82.4 Å². The third-order valence-electron chi connectivity index (χ3n) is 11.5. The number of aryl methyl sites for hydroxylation is 2. The summed E-state index contributed by atoms with van der Waals surface area (Å²) in [7, 11) is -2.68. The summed E-state index contributed by atoms with van der Waals surface area (Å²) in [6, 6.07) is 74.6. The Hall–Kier alpha value is -6.36. The van der Waals surface area contributed by atoms with E-state index in [1.54, 1.807) is 0 Å². The molecule has 0 aliphatic carbocycles. The van der Waals surface area contributed by atoms with Gasteiger partial charge < -0.3 is 9.80 Å².